The second-order valence-corrected chi connectivity index (χ2v) is 9.48. The fraction of sp³-hybridized carbons (Fsp3) is 0.520. The Kier molecular flexibility index (Phi) is 6.91. The average molecular weight is 463 g/mol. The molecule has 0 spiro atoms. The zero-order valence-corrected chi connectivity index (χ0v) is 18.9. The molecular weight excluding hydrogens is 430 g/mol. The molecule has 0 bridgehead atoms. The number of piperidine rings is 2. The highest BCUT2D eigenvalue weighted by atomic mass is 19.1. The SMILES string of the molecule is Cc1cc(OC[C@@]2(O)CN(CC3(O)CCN(c4ccccc4F)CC3)CC[C@@H]2O)ccc1F. The molecule has 180 valence electrons. The Morgan fingerprint density at radius 3 is 2.45 bits per heavy atom. The lowest BCUT2D eigenvalue weighted by Crippen LogP contribution is -2.62. The van der Waals surface area contributed by atoms with Crippen LogP contribution in [0.2, 0.25) is 0 Å². The standard InChI is InChI=1S/C25H32F2N2O4/c1-18-14-19(6-7-20(18)26)33-17-25(32)16-28(11-8-23(25)30)15-24(31)9-12-29(13-10-24)22-5-3-2-4-21(22)27/h2-7,14,23,30-32H,8-13,15-17H2,1H3/t23-,25-/m0/s1. The topological polar surface area (TPSA) is 76.4 Å². The van der Waals surface area contributed by atoms with Gasteiger partial charge in [0.15, 0.2) is 0 Å². The van der Waals surface area contributed by atoms with Gasteiger partial charge in [0, 0.05) is 32.7 Å². The lowest BCUT2D eigenvalue weighted by molar-refractivity contribution is -0.149. The van der Waals surface area contributed by atoms with E-state index in [4.69, 9.17) is 4.74 Å². The summed E-state index contributed by atoms with van der Waals surface area (Å²) in [6.07, 6.45) is 0.335. The van der Waals surface area contributed by atoms with Gasteiger partial charge in [-0.3, -0.25) is 4.90 Å². The summed E-state index contributed by atoms with van der Waals surface area (Å²) >= 11 is 0. The summed E-state index contributed by atoms with van der Waals surface area (Å²) in [5.41, 5.74) is -1.48. The number of hydrogen-bond donors (Lipinski definition) is 3. The van der Waals surface area contributed by atoms with Gasteiger partial charge in [-0.25, -0.2) is 8.78 Å². The van der Waals surface area contributed by atoms with Crippen LogP contribution in [0.5, 0.6) is 5.75 Å². The Morgan fingerprint density at radius 2 is 1.76 bits per heavy atom. The van der Waals surface area contributed by atoms with E-state index in [0.717, 1.165) is 0 Å². The highest BCUT2D eigenvalue weighted by Crippen LogP contribution is 2.31. The van der Waals surface area contributed by atoms with E-state index in [-0.39, 0.29) is 24.8 Å². The van der Waals surface area contributed by atoms with Gasteiger partial charge in [0.05, 0.1) is 17.4 Å². The van der Waals surface area contributed by atoms with E-state index in [1.54, 1.807) is 31.2 Å². The summed E-state index contributed by atoms with van der Waals surface area (Å²) in [4.78, 5) is 3.89. The lowest BCUT2D eigenvalue weighted by Gasteiger charge is -2.46. The number of halogens is 2. The number of nitrogens with zero attached hydrogens (tertiary/aromatic N) is 2. The first kappa shape index (κ1) is 23.9. The maximum atomic E-state index is 14.1. The van der Waals surface area contributed by atoms with E-state index < -0.39 is 17.3 Å². The number of hydrogen-bond acceptors (Lipinski definition) is 6. The Hall–Kier alpha value is -2.26. The van der Waals surface area contributed by atoms with E-state index in [9.17, 15) is 24.1 Å². The summed E-state index contributed by atoms with van der Waals surface area (Å²) in [6.45, 7) is 3.59. The molecule has 2 aliphatic rings. The molecule has 0 aromatic heterocycles. The van der Waals surface area contributed by atoms with Crippen LogP contribution in [0.15, 0.2) is 42.5 Å². The van der Waals surface area contributed by atoms with Gasteiger partial charge >= 0.3 is 0 Å². The summed E-state index contributed by atoms with van der Waals surface area (Å²) in [5, 5.41) is 32.8. The molecule has 0 saturated carbocycles. The molecule has 0 amide bonds. The van der Waals surface area contributed by atoms with E-state index >= 15 is 0 Å². The minimum atomic E-state index is -1.51. The number of aryl methyl sites for hydroxylation is 1. The zero-order chi connectivity index (χ0) is 23.6. The number of benzene rings is 2. The average Bonchev–Trinajstić information content (AvgIpc) is 2.78. The van der Waals surface area contributed by atoms with Gasteiger partial charge in [-0.05, 0) is 62.1 Å². The molecule has 8 heteroatoms. The number of aliphatic hydroxyl groups excluding tert-OH is 1. The van der Waals surface area contributed by atoms with Crippen molar-refractivity contribution in [1.82, 2.24) is 4.90 Å². The Morgan fingerprint density at radius 1 is 1.03 bits per heavy atom. The second kappa shape index (κ2) is 9.54. The number of ether oxygens (including phenoxy) is 1. The summed E-state index contributed by atoms with van der Waals surface area (Å²) < 4.78 is 33.3. The van der Waals surface area contributed by atoms with Crippen LogP contribution in [0.3, 0.4) is 0 Å². The number of likely N-dealkylation sites (tertiary alicyclic amines) is 1. The highest BCUT2D eigenvalue weighted by molar-refractivity contribution is 5.48. The van der Waals surface area contributed by atoms with Crippen LogP contribution in [-0.2, 0) is 0 Å². The van der Waals surface area contributed by atoms with Crippen molar-refractivity contribution in [1.29, 1.82) is 0 Å². The van der Waals surface area contributed by atoms with Gasteiger partial charge in [-0.15, -0.1) is 0 Å². The van der Waals surface area contributed by atoms with Crippen molar-refractivity contribution in [3.8, 4) is 5.75 Å². The summed E-state index contributed by atoms with van der Waals surface area (Å²) in [6, 6.07) is 11.0. The van der Waals surface area contributed by atoms with Crippen molar-refractivity contribution in [2.45, 2.75) is 43.5 Å². The van der Waals surface area contributed by atoms with Gasteiger partial charge < -0.3 is 25.0 Å². The van der Waals surface area contributed by atoms with Gasteiger partial charge in [-0.1, -0.05) is 12.1 Å². The molecule has 2 aromatic carbocycles. The first-order valence-corrected chi connectivity index (χ1v) is 11.4. The normalized spacial score (nSPS) is 25.8. The van der Waals surface area contributed by atoms with Gasteiger partial charge in [0.2, 0.25) is 0 Å². The third-order valence-electron chi connectivity index (χ3n) is 6.86. The van der Waals surface area contributed by atoms with Crippen LogP contribution < -0.4 is 9.64 Å². The number of para-hydroxylation sites is 1. The molecule has 3 N–H and O–H groups in total. The van der Waals surface area contributed by atoms with E-state index in [1.165, 1.54) is 18.2 Å². The third-order valence-corrected chi connectivity index (χ3v) is 6.86. The molecule has 2 atom stereocenters. The predicted octanol–water partition coefficient (Wildman–Crippen LogP) is 2.48. The zero-order valence-electron chi connectivity index (χ0n) is 18.9. The molecule has 6 nitrogen and oxygen atoms in total. The fourth-order valence-electron chi connectivity index (χ4n) is 4.78. The quantitative estimate of drug-likeness (QED) is 0.613. The molecule has 2 aromatic rings. The van der Waals surface area contributed by atoms with Gasteiger partial charge in [0.25, 0.3) is 0 Å². The van der Waals surface area contributed by atoms with E-state index in [1.807, 2.05) is 9.80 Å². The minimum Gasteiger partial charge on any atom is -0.490 e. The Labute approximate surface area is 193 Å². The fourth-order valence-corrected chi connectivity index (χ4v) is 4.78. The van der Waals surface area contributed by atoms with E-state index in [2.05, 4.69) is 0 Å². The largest absolute Gasteiger partial charge is 0.490 e. The first-order chi connectivity index (χ1) is 15.7. The highest BCUT2D eigenvalue weighted by Gasteiger charge is 2.44. The van der Waals surface area contributed by atoms with Crippen LogP contribution in [-0.4, -0.2) is 76.9 Å². The van der Waals surface area contributed by atoms with Crippen molar-refractivity contribution >= 4 is 5.69 Å². The van der Waals surface area contributed by atoms with E-state index in [0.29, 0.717) is 62.4 Å². The maximum absolute atomic E-state index is 14.1. The molecule has 4 rings (SSSR count). The van der Waals surface area contributed by atoms with Crippen molar-refractivity contribution in [3.05, 3.63) is 59.7 Å². The lowest BCUT2D eigenvalue weighted by atomic mass is 9.86. The monoisotopic (exact) mass is 462 g/mol. The summed E-state index contributed by atoms with van der Waals surface area (Å²) in [7, 11) is 0. The molecule has 2 saturated heterocycles. The minimum absolute atomic E-state index is 0.144. The van der Waals surface area contributed by atoms with Gasteiger partial charge in [-0.2, -0.15) is 0 Å². The van der Waals surface area contributed by atoms with Crippen LogP contribution >= 0.6 is 0 Å². The molecule has 2 heterocycles. The van der Waals surface area contributed by atoms with Crippen LogP contribution in [0.25, 0.3) is 0 Å². The van der Waals surface area contributed by atoms with Crippen LogP contribution in [0.1, 0.15) is 24.8 Å². The molecule has 0 radical (unpaired) electrons. The smallest absolute Gasteiger partial charge is 0.146 e. The van der Waals surface area contributed by atoms with Crippen molar-refractivity contribution in [2.75, 3.05) is 44.2 Å². The second-order valence-electron chi connectivity index (χ2n) is 9.48. The molecule has 33 heavy (non-hydrogen) atoms. The van der Waals surface area contributed by atoms with Gasteiger partial charge in [0.1, 0.15) is 29.6 Å². The van der Waals surface area contributed by atoms with Crippen LogP contribution in [0, 0.1) is 18.6 Å². The Balaban J connectivity index is 1.34. The molecule has 2 aliphatic heterocycles. The predicted molar refractivity (Wildman–Crippen MR) is 121 cm³/mol. The molecular formula is C25H32F2N2O4. The number of rotatable bonds is 6. The molecule has 0 aliphatic carbocycles. The van der Waals surface area contributed by atoms with Crippen molar-refractivity contribution < 1.29 is 28.8 Å². The third kappa shape index (κ3) is 5.46. The van der Waals surface area contributed by atoms with Crippen molar-refractivity contribution in [3.63, 3.8) is 0 Å². The number of β-amino-alcohol motifs (C(OH)–C–C–N with tert-alkyl or cyclic N) is 2. The molecule has 0 unspecified atom stereocenters. The summed E-state index contributed by atoms with van der Waals surface area (Å²) in [5.74, 6) is -0.181. The maximum Gasteiger partial charge on any atom is 0.146 e. The number of aliphatic hydroxyl groups is 3. The Bertz CT molecular complexity index is 967. The van der Waals surface area contributed by atoms with Crippen LogP contribution in [0.4, 0.5) is 14.5 Å². The molecule has 2 fully saturated rings. The number of anilines is 1. The first-order valence-electron chi connectivity index (χ1n) is 11.4. The van der Waals surface area contributed by atoms with Crippen molar-refractivity contribution in [2.24, 2.45) is 0 Å².